The normalized spacial score (nSPS) is 15.7. The number of ether oxygens (including phenoxy) is 1. The first-order valence-corrected chi connectivity index (χ1v) is 9.30. The van der Waals surface area contributed by atoms with Crippen molar-refractivity contribution in [1.82, 2.24) is 0 Å². The van der Waals surface area contributed by atoms with Crippen LogP contribution in [0.4, 0.5) is 17.1 Å². The van der Waals surface area contributed by atoms with Crippen LogP contribution in [0.2, 0.25) is 0 Å². The standard InChI is InChI=1S/C21H19N3O5/c25-18-12-24(17-5-2-1-4-16(17)22-18)20(27)13-29-21(28)14-7-9-15(10-8-14)23-11-3-6-19(23)26/h1-2,4-5,7-10H,3,6,11-13H2,(H,22,25). The van der Waals surface area contributed by atoms with Gasteiger partial charge in [-0.2, -0.15) is 0 Å². The molecule has 0 unspecified atom stereocenters. The van der Waals surface area contributed by atoms with Crippen molar-refractivity contribution < 1.29 is 23.9 Å². The molecule has 2 aromatic carbocycles. The van der Waals surface area contributed by atoms with Crippen LogP contribution in [0, 0.1) is 0 Å². The molecule has 2 aliphatic heterocycles. The Morgan fingerprint density at radius 3 is 2.52 bits per heavy atom. The van der Waals surface area contributed by atoms with Gasteiger partial charge >= 0.3 is 5.97 Å². The van der Waals surface area contributed by atoms with Crippen molar-refractivity contribution in [3.63, 3.8) is 0 Å². The predicted molar refractivity (Wildman–Crippen MR) is 106 cm³/mol. The number of nitrogens with one attached hydrogen (secondary N) is 1. The fraction of sp³-hybridized carbons (Fsp3) is 0.238. The van der Waals surface area contributed by atoms with Gasteiger partial charge in [0, 0.05) is 18.7 Å². The van der Waals surface area contributed by atoms with Gasteiger partial charge in [-0.15, -0.1) is 0 Å². The molecule has 29 heavy (non-hydrogen) atoms. The third kappa shape index (κ3) is 3.82. The van der Waals surface area contributed by atoms with Crippen LogP contribution in [0.25, 0.3) is 0 Å². The van der Waals surface area contributed by atoms with E-state index in [4.69, 9.17) is 4.74 Å². The molecule has 4 rings (SSSR count). The van der Waals surface area contributed by atoms with Crippen LogP contribution in [0.5, 0.6) is 0 Å². The lowest BCUT2D eigenvalue weighted by Gasteiger charge is -2.28. The molecule has 0 radical (unpaired) electrons. The van der Waals surface area contributed by atoms with Gasteiger partial charge in [0.2, 0.25) is 11.8 Å². The molecule has 0 saturated carbocycles. The van der Waals surface area contributed by atoms with Gasteiger partial charge in [0.25, 0.3) is 5.91 Å². The zero-order valence-corrected chi connectivity index (χ0v) is 15.6. The first-order chi connectivity index (χ1) is 14.0. The summed E-state index contributed by atoms with van der Waals surface area (Å²) in [6.45, 7) is 0.0563. The zero-order valence-electron chi connectivity index (χ0n) is 15.6. The average Bonchev–Trinajstić information content (AvgIpc) is 3.17. The van der Waals surface area contributed by atoms with Gasteiger partial charge in [-0.05, 0) is 42.8 Å². The number of hydrogen-bond acceptors (Lipinski definition) is 5. The van der Waals surface area contributed by atoms with E-state index in [2.05, 4.69) is 5.32 Å². The molecule has 148 valence electrons. The van der Waals surface area contributed by atoms with Gasteiger partial charge in [0.1, 0.15) is 6.54 Å². The maximum absolute atomic E-state index is 12.5. The van der Waals surface area contributed by atoms with E-state index < -0.39 is 18.5 Å². The molecule has 2 aliphatic rings. The second kappa shape index (κ2) is 7.75. The minimum absolute atomic E-state index is 0.0665. The van der Waals surface area contributed by atoms with Gasteiger partial charge < -0.3 is 15.0 Å². The summed E-state index contributed by atoms with van der Waals surface area (Å²) in [5.41, 5.74) is 2.12. The van der Waals surface area contributed by atoms with Gasteiger partial charge in [0.15, 0.2) is 6.61 Å². The molecule has 0 bridgehead atoms. The van der Waals surface area contributed by atoms with Gasteiger partial charge in [-0.25, -0.2) is 4.79 Å². The van der Waals surface area contributed by atoms with Crippen molar-refractivity contribution in [2.75, 3.05) is 34.8 Å². The highest BCUT2D eigenvalue weighted by atomic mass is 16.5. The largest absolute Gasteiger partial charge is 0.452 e. The molecular formula is C21H19N3O5. The number of carbonyl (C=O) groups excluding carboxylic acids is 4. The number of nitrogens with zero attached hydrogens (tertiary/aromatic N) is 2. The van der Waals surface area contributed by atoms with E-state index in [1.54, 1.807) is 53.4 Å². The molecule has 2 aromatic rings. The lowest BCUT2D eigenvalue weighted by Crippen LogP contribution is -2.44. The maximum Gasteiger partial charge on any atom is 0.338 e. The third-order valence-corrected chi connectivity index (χ3v) is 4.89. The van der Waals surface area contributed by atoms with Crippen LogP contribution in [-0.2, 0) is 19.1 Å². The molecule has 0 aromatic heterocycles. The summed E-state index contributed by atoms with van der Waals surface area (Å²) in [4.78, 5) is 51.4. The number of fused-ring (bicyclic) bond motifs is 1. The molecule has 0 spiro atoms. The minimum atomic E-state index is -0.646. The van der Waals surface area contributed by atoms with Crippen molar-refractivity contribution >= 4 is 40.8 Å². The zero-order chi connectivity index (χ0) is 20.4. The van der Waals surface area contributed by atoms with E-state index in [1.165, 1.54) is 4.90 Å². The molecule has 3 amide bonds. The first kappa shape index (κ1) is 18.7. The predicted octanol–water partition coefficient (Wildman–Crippen LogP) is 1.96. The molecule has 8 heteroatoms. The van der Waals surface area contributed by atoms with Gasteiger partial charge in [-0.3, -0.25) is 19.3 Å². The molecule has 2 heterocycles. The molecule has 1 fully saturated rings. The summed E-state index contributed by atoms with van der Waals surface area (Å²) in [5.74, 6) is -1.38. The van der Waals surface area contributed by atoms with E-state index >= 15 is 0 Å². The molecule has 1 saturated heterocycles. The van der Waals surface area contributed by atoms with E-state index in [1.807, 2.05) is 0 Å². The Labute approximate surface area is 167 Å². The van der Waals surface area contributed by atoms with E-state index in [-0.39, 0.29) is 23.9 Å². The smallest absolute Gasteiger partial charge is 0.338 e. The van der Waals surface area contributed by atoms with Crippen LogP contribution >= 0.6 is 0 Å². The highest BCUT2D eigenvalue weighted by Crippen LogP contribution is 2.29. The summed E-state index contributed by atoms with van der Waals surface area (Å²) in [5, 5.41) is 2.70. The Kier molecular flexibility index (Phi) is 4.99. The van der Waals surface area contributed by atoms with Gasteiger partial charge in [0.05, 0.1) is 16.9 Å². The second-order valence-electron chi connectivity index (χ2n) is 6.82. The van der Waals surface area contributed by atoms with Crippen LogP contribution < -0.4 is 15.1 Å². The van der Waals surface area contributed by atoms with E-state index in [9.17, 15) is 19.2 Å². The number of hydrogen-bond donors (Lipinski definition) is 1. The number of benzene rings is 2. The molecule has 8 nitrogen and oxygen atoms in total. The summed E-state index contributed by atoms with van der Waals surface area (Å²) >= 11 is 0. The van der Waals surface area contributed by atoms with Crippen molar-refractivity contribution in [3.8, 4) is 0 Å². The number of esters is 1. The summed E-state index contributed by atoms with van der Waals surface area (Å²) in [6, 6.07) is 13.4. The average molecular weight is 393 g/mol. The summed E-state index contributed by atoms with van der Waals surface area (Å²) in [6.07, 6.45) is 1.35. The third-order valence-electron chi connectivity index (χ3n) is 4.89. The monoisotopic (exact) mass is 393 g/mol. The van der Waals surface area contributed by atoms with E-state index in [0.717, 1.165) is 12.1 Å². The van der Waals surface area contributed by atoms with E-state index in [0.29, 0.717) is 24.3 Å². The number of anilines is 3. The highest BCUT2D eigenvalue weighted by Gasteiger charge is 2.27. The topological polar surface area (TPSA) is 96.0 Å². The molecular weight excluding hydrogens is 374 g/mol. The Morgan fingerprint density at radius 1 is 1.03 bits per heavy atom. The fourth-order valence-electron chi connectivity index (χ4n) is 3.44. The fourth-order valence-corrected chi connectivity index (χ4v) is 3.44. The number of amides is 3. The minimum Gasteiger partial charge on any atom is -0.452 e. The Morgan fingerprint density at radius 2 is 1.79 bits per heavy atom. The highest BCUT2D eigenvalue weighted by molar-refractivity contribution is 6.10. The van der Waals surface area contributed by atoms with Crippen molar-refractivity contribution in [1.29, 1.82) is 0 Å². The molecule has 1 N–H and O–H groups in total. The Balaban J connectivity index is 1.39. The van der Waals surface area contributed by atoms with Gasteiger partial charge in [-0.1, -0.05) is 12.1 Å². The molecule has 0 aliphatic carbocycles. The number of rotatable bonds is 4. The molecule has 0 atom stereocenters. The first-order valence-electron chi connectivity index (χ1n) is 9.30. The van der Waals surface area contributed by atoms with Crippen LogP contribution in [0.15, 0.2) is 48.5 Å². The number of para-hydroxylation sites is 2. The quantitative estimate of drug-likeness (QED) is 0.801. The van der Waals surface area contributed by atoms with Crippen molar-refractivity contribution in [3.05, 3.63) is 54.1 Å². The van der Waals surface area contributed by atoms with Crippen molar-refractivity contribution in [2.24, 2.45) is 0 Å². The SMILES string of the molecule is O=C1CN(C(=O)COC(=O)c2ccc(N3CCCC3=O)cc2)c2ccccc2N1. The van der Waals surface area contributed by atoms with Crippen molar-refractivity contribution in [2.45, 2.75) is 12.8 Å². The Hall–Kier alpha value is -3.68. The maximum atomic E-state index is 12.5. The second-order valence-corrected chi connectivity index (χ2v) is 6.82. The summed E-state index contributed by atoms with van der Waals surface area (Å²) in [7, 11) is 0. The van der Waals surface area contributed by atoms with Crippen LogP contribution in [0.1, 0.15) is 23.2 Å². The lowest BCUT2D eigenvalue weighted by atomic mass is 10.2. The number of carbonyl (C=O) groups is 4. The van der Waals surface area contributed by atoms with Crippen LogP contribution in [-0.4, -0.2) is 43.4 Å². The lowest BCUT2D eigenvalue weighted by molar-refractivity contribution is -0.124. The van der Waals surface area contributed by atoms with Crippen LogP contribution in [0.3, 0.4) is 0 Å². The summed E-state index contributed by atoms with van der Waals surface area (Å²) < 4.78 is 5.14. The Bertz CT molecular complexity index is 986.